The summed E-state index contributed by atoms with van der Waals surface area (Å²) in [5.41, 5.74) is 0. The zero-order chi connectivity index (χ0) is 15.6. The van der Waals surface area contributed by atoms with E-state index in [0.717, 1.165) is 23.7 Å². The fourth-order valence-corrected chi connectivity index (χ4v) is 5.15. The van der Waals surface area contributed by atoms with Crippen molar-refractivity contribution in [2.24, 2.45) is 23.7 Å². The van der Waals surface area contributed by atoms with Crippen LogP contribution in [0.5, 0.6) is 0 Å². The predicted octanol–water partition coefficient (Wildman–Crippen LogP) is 7.76. The maximum Gasteiger partial charge on any atom is -0.0388 e. The lowest BCUT2D eigenvalue weighted by Gasteiger charge is -2.33. The molecule has 0 heterocycles. The molecule has 0 aromatic rings. The molecule has 22 heavy (non-hydrogen) atoms. The maximum atomic E-state index is 2.56. The number of hydrogen-bond donors (Lipinski definition) is 0. The van der Waals surface area contributed by atoms with Gasteiger partial charge in [-0.15, -0.1) is 0 Å². The van der Waals surface area contributed by atoms with Crippen molar-refractivity contribution in [2.75, 3.05) is 0 Å². The second-order valence-electron chi connectivity index (χ2n) is 8.86. The smallest absolute Gasteiger partial charge is 0.0388 e. The van der Waals surface area contributed by atoms with Gasteiger partial charge in [-0.25, -0.2) is 0 Å². The molecule has 0 saturated heterocycles. The highest BCUT2D eigenvalue weighted by Gasteiger charge is 2.25. The fraction of sp³-hybridized carbons (Fsp3) is 1.00. The van der Waals surface area contributed by atoms with Crippen LogP contribution in [0, 0.1) is 23.7 Å². The molecule has 0 aromatic heterocycles. The van der Waals surface area contributed by atoms with Crippen molar-refractivity contribution >= 4 is 0 Å². The second kappa shape index (κ2) is 10.7. The van der Waals surface area contributed by atoms with Gasteiger partial charge in [-0.05, 0) is 42.9 Å². The molecule has 3 aliphatic carbocycles. The monoisotopic (exact) mass is 306 g/mol. The van der Waals surface area contributed by atoms with Gasteiger partial charge in [0.1, 0.15) is 0 Å². The first-order chi connectivity index (χ1) is 10.8. The molecule has 0 N–H and O–H groups in total. The van der Waals surface area contributed by atoms with E-state index >= 15 is 0 Å². The number of fused-ring (bicyclic) bond motifs is 15. The van der Waals surface area contributed by atoms with Crippen LogP contribution in [0.25, 0.3) is 0 Å². The summed E-state index contributed by atoms with van der Waals surface area (Å²) < 4.78 is 0. The van der Waals surface area contributed by atoms with E-state index in [1.165, 1.54) is 77.0 Å². The van der Waals surface area contributed by atoms with Gasteiger partial charge >= 0.3 is 0 Å². The normalized spacial score (nSPS) is 37.4. The van der Waals surface area contributed by atoms with Crippen LogP contribution in [0.15, 0.2) is 0 Å². The van der Waals surface area contributed by atoms with Crippen LogP contribution in [-0.2, 0) is 0 Å². The van der Waals surface area contributed by atoms with E-state index in [0.29, 0.717) is 0 Å². The summed E-state index contributed by atoms with van der Waals surface area (Å²) in [6.07, 6.45) is 24.2. The molecule has 0 aliphatic heterocycles. The third-order valence-electron chi connectivity index (χ3n) is 6.78. The van der Waals surface area contributed by atoms with Crippen molar-refractivity contribution in [2.45, 2.75) is 117 Å². The molecule has 0 aromatic carbocycles. The number of rotatable bonds is 0. The molecule has 2 atom stereocenters. The van der Waals surface area contributed by atoms with Gasteiger partial charge in [-0.2, -0.15) is 0 Å². The first-order valence-electron chi connectivity index (χ1n) is 10.8. The summed E-state index contributed by atoms with van der Waals surface area (Å²) in [6.45, 7) is 5.07. The molecule has 3 saturated carbocycles. The molecule has 0 nitrogen and oxygen atoms in total. The SMILES string of the molecule is CC1CCCCCCCCCCCC2CCC(CC2)C(C)C1. The molecular formula is C22H42. The summed E-state index contributed by atoms with van der Waals surface area (Å²) >= 11 is 0. The van der Waals surface area contributed by atoms with Gasteiger partial charge in [0, 0.05) is 0 Å². The van der Waals surface area contributed by atoms with Crippen LogP contribution in [0.3, 0.4) is 0 Å². The maximum absolute atomic E-state index is 2.56. The Hall–Kier alpha value is 0. The van der Waals surface area contributed by atoms with E-state index in [9.17, 15) is 0 Å². The van der Waals surface area contributed by atoms with E-state index in [1.807, 2.05) is 0 Å². The average Bonchev–Trinajstić information content (AvgIpc) is 2.52. The van der Waals surface area contributed by atoms with E-state index < -0.39 is 0 Å². The molecule has 3 rings (SSSR count). The van der Waals surface area contributed by atoms with Crippen molar-refractivity contribution in [3.63, 3.8) is 0 Å². The summed E-state index contributed by atoms with van der Waals surface area (Å²) in [7, 11) is 0. The molecule has 3 fully saturated rings. The average molecular weight is 307 g/mol. The van der Waals surface area contributed by atoms with Gasteiger partial charge in [0.25, 0.3) is 0 Å². The lowest BCUT2D eigenvalue weighted by molar-refractivity contribution is 0.183. The van der Waals surface area contributed by atoms with Gasteiger partial charge in [-0.1, -0.05) is 97.3 Å². The van der Waals surface area contributed by atoms with Crippen LogP contribution < -0.4 is 0 Å². The standard InChI is InChI=1S/C22H42/c1-19-12-10-8-6-4-3-5-7-9-11-13-21-14-16-22(17-15-21)20(2)18-19/h19-22H,3-18H2,1-2H3. The molecule has 2 bridgehead atoms. The van der Waals surface area contributed by atoms with Crippen molar-refractivity contribution in [3.05, 3.63) is 0 Å². The Morgan fingerprint density at radius 2 is 1.00 bits per heavy atom. The van der Waals surface area contributed by atoms with Crippen molar-refractivity contribution < 1.29 is 0 Å². The zero-order valence-electron chi connectivity index (χ0n) is 15.6. The number of hydrogen-bond acceptors (Lipinski definition) is 0. The molecule has 0 amide bonds. The topological polar surface area (TPSA) is 0 Å². The Kier molecular flexibility index (Phi) is 8.93. The van der Waals surface area contributed by atoms with E-state index in [1.54, 1.807) is 25.7 Å². The summed E-state index contributed by atoms with van der Waals surface area (Å²) in [5, 5.41) is 0. The molecule has 0 heteroatoms. The van der Waals surface area contributed by atoms with E-state index in [2.05, 4.69) is 13.8 Å². The summed E-state index contributed by atoms with van der Waals surface area (Å²) in [6, 6.07) is 0. The third-order valence-corrected chi connectivity index (χ3v) is 6.78. The molecular weight excluding hydrogens is 264 g/mol. The first-order valence-corrected chi connectivity index (χ1v) is 10.8. The van der Waals surface area contributed by atoms with Crippen molar-refractivity contribution in [1.82, 2.24) is 0 Å². The molecule has 3 aliphatic rings. The van der Waals surface area contributed by atoms with Gasteiger partial charge in [0.2, 0.25) is 0 Å². The Balaban J connectivity index is 1.76. The Morgan fingerprint density at radius 1 is 0.500 bits per heavy atom. The third kappa shape index (κ3) is 7.05. The minimum Gasteiger partial charge on any atom is -0.0625 e. The lowest BCUT2D eigenvalue weighted by Crippen LogP contribution is -2.21. The largest absolute Gasteiger partial charge is 0.0625 e. The highest BCUT2D eigenvalue weighted by atomic mass is 14.3. The minimum atomic E-state index is 0.964. The Labute approximate surface area is 140 Å². The Bertz CT molecular complexity index is 261. The molecule has 0 spiro atoms. The molecule has 0 radical (unpaired) electrons. The lowest BCUT2D eigenvalue weighted by atomic mass is 9.72. The van der Waals surface area contributed by atoms with Crippen molar-refractivity contribution in [1.29, 1.82) is 0 Å². The highest BCUT2D eigenvalue weighted by molar-refractivity contribution is 4.77. The molecule has 2 unspecified atom stereocenters. The summed E-state index contributed by atoms with van der Waals surface area (Å²) in [5.74, 6) is 4.08. The fourth-order valence-electron chi connectivity index (χ4n) is 5.15. The quantitative estimate of drug-likeness (QED) is 0.429. The van der Waals surface area contributed by atoms with Crippen molar-refractivity contribution in [3.8, 4) is 0 Å². The van der Waals surface area contributed by atoms with Gasteiger partial charge in [-0.3, -0.25) is 0 Å². The van der Waals surface area contributed by atoms with Gasteiger partial charge in [0.15, 0.2) is 0 Å². The highest BCUT2D eigenvalue weighted by Crippen LogP contribution is 2.38. The summed E-state index contributed by atoms with van der Waals surface area (Å²) in [4.78, 5) is 0. The van der Waals surface area contributed by atoms with Gasteiger partial charge < -0.3 is 0 Å². The Morgan fingerprint density at radius 3 is 1.59 bits per heavy atom. The van der Waals surface area contributed by atoms with E-state index in [-0.39, 0.29) is 0 Å². The predicted molar refractivity (Wildman–Crippen MR) is 99.2 cm³/mol. The second-order valence-corrected chi connectivity index (χ2v) is 8.86. The van der Waals surface area contributed by atoms with Crippen LogP contribution in [0.2, 0.25) is 0 Å². The van der Waals surface area contributed by atoms with E-state index in [4.69, 9.17) is 0 Å². The first kappa shape index (κ1) is 18.3. The van der Waals surface area contributed by atoms with Crippen LogP contribution in [-0.4, -0.2) is 0 Å². The van der Waals surface area contributed by atoms with Crippen LogP contribution >= 0.6 is 0 Å². The minimum absolute atomic E-state index is 0.964. The van der Waals surface area contributed by atoms with Crippen LogP contribution in [0.4, 0.5) is 0 Å². The van der Waals surface area contributed by atoms with Gasteiger partial charge in [0.05, 0.1) is 0 Å². The zero-order valence-corrected chi connectivity index (χ0v) is 15.6. The molecule has 130 valence electrons. The van der Waals surface area contributed by atoms with Crippen LogP contribution in [0.1, 0.15) is 117 Å².